The topological polar surface area (TPSA) is 98.5 Å². The van der Waals surface area contributed by atoms with Crippen LogP contribution in [0.4, 0.5) is 4.79 Å². The van der Waals surface area contributed by atoms with Crippen LogP contribution in [0.15, 0.2) is 29.2 Å². The molecule has 1 amide bonds. The number of hydrogen-bond donors (Lipinski definition) is 2. The van der Waals surface area contributed by atoms with Gasteiger partial charge in [-0.1, -0.05) is 12.1 Å². The molecule has 124 valence electrons. The first kappa shape index (κ1) is 18.4. The minimum Gasteiger partial charge on any atom is -0.444 e. The molecule has 0 aliphatic heterocycles. The standard InChI is InChI=1S/C15H24N2O4S/c1-15(2,3)21-14(18)17-10-12(16)9-11-5-7-13(8-6-11)22(4,19)20/h5-8,12H,9-10,16H2,1-4H3,(H,17,18). The summed E-state index contributed by atoms with van der Waals surface area (Å²) in [6.45, 7) is 5.64. The molecule has 0 aromatic heterocycles. The number of sulfone groups is 1. The smallest absolute Gasteiger partial charge is 0.407 e. The summed E-state index contributed by atoms with van der Waals surface area (Å²) < 4.78 is 27.9. The summed E-state index contributed by atoms with van der Waals surface area (Å²) in [5.41, 5.74) is 6.32. The van der Waals surface area contributed by atoms with Gasteiger partial charge in [0, 0.05) is 18.8 Å². The second-order valence-corrected chi connectivity index (χ2v) is 8.28. The van der Waals surface area contributed by atoms with Gasteiger partial charge >= 0.3 is 6.09 Å². The zero-order chi connectivity index (χ0) is 17.0. The fourth-order valence-electron chi connectivity index (χ4n) is 1.78. The van der Waals surface area contributed by atoms with Crippen molar-refractivity contribution in [2.24, 2.45) is 5.73 Å². The fourth-order valence-corrected chi connectivity index (χ4v) is 2.41. The third-order valence-corrected chi connectivity index (χ3v) is 3.89. The molecule has 0 saturated heterocycles. The van der Waals surface area contributed by atoms with Gasteiger partial charge in [-0.05, 0) is 44.9 Å². The van der Waals surface area contributed by atoms with Gasteiger partial charge in [-0.3, -0.25) is 0 Å². The van der Waals surface area contributed by atoms with Crippen molar-refractivity contribution >= 4 is 15.9 Å². The maximum atomic E-state index is 11.5. The van der Waals surface area contributed by atoms with Gasteiger partial charge in [0.1, 0.15) is 5.60 Å². The van der Waals surface area contributed by atoms with Gasteiger partial charge in [0.15, 0.2) is 9.84 Å². The molecule has 0 aliphatic rings. The van der Waals surface area contributed by atoms with E-state index >= 15 is 0 Å². The van der Waals surface area contributed by atoms with Gasteiger partial charge in [0.2, 0.25) is 0 Å². The first-order valence-electron chi connectivity index (χ1n) is 6.99. The van der Waals surface area contributed by atoms with Crippen molar-refractivity contribution in [1.82, 2.24) is 5.32 Å². The van der Waals surface area contributed by atoms with Crippen LogP contribution in [0.5, 0.6) is 0 Å². The molecule has 0 fully saturated rings. The largest absolute Gasteiger partial charge is 0.444 e. The number of rotatable bonds is 5. The van der Waals surface area contributed by atoms with E-state index in [9.17, 15) is 13.2 Å². The van der Waals surface area contributed by atoms with E-state index in [1.807, 2.05) is 0 Å². The monoisotopic (exact) mass is 328 g/mol. The van der Waals surface area contributed by atoms with E-state index in [0.29, 0.717) is 6.42 Å². The molecule has 0 aliphatic carbocycles. The normalized spacial score (nSPS) is 13.5. The molecule has 1 atom stereocenters. The van der Waals surface area contributed by atoms with Crippen LogP contribution in [-0.2, 0) is 21.0 Å². The lowest BCUT2D eigenvalue weighted by Crippen LogP contribution is -2.41. The van der Waals surface area contributed by atoms with Crippen molar-refractivity contribution in [2.75, 3.05) is 12.8 Å². The Hall–Kier alpha value is -1.60. The van der Waals surface area contributed by atoms with Crippen LogP contribution < -0.4 is 11.1 Å². The van der Waals surface area contributed by atoms with Gasteiger partial charge in [-0.25, -0.2) is 13.2 Å². The number of alkyl carbamates (subject to hydrolysis) is 1. The lowest BCUT2D eigenvalue weighted by atomic mass is 10.1. The third kappa shape index (κ3) is 6.91. The number of benzene rings is 1. The minimum atomic E-state index is -3.19. The highest BCUT2D eigenvalue weighted by Crippen LogP contribution is 2.11. The van der Waals surface area contributed by atoms with Crippen molar-refractivity contribution < 1.29 is 17.9 Å². The summed E-state index contributed by atoms with van der Waals surface area (Å²) in [6, 6.07) is 6.28. The first-order chi connectivity index (χ1) is 9.97. The van der Waals surface area contributed by atoms with E-state index < -0.39 is 21.5 Å². The van der Waals surface area contributed by atoms with Crippen molar-refractivity contribution in [3.8, 4) is 0 Å². The molecule has 22 heavy (non-hydrogen) atoms. The van der Waals surface area contributed by atoms with Crippen molar-refractivity contribution in [2.45, 2.75) is 43.7 Å². The molecule has 0 saturated carbocycles. The molecule has 0 bridgehead atoms. The van der Waals surface area contributed by atoms with Crippen molar-refractivity contribution in [1.29, 1.82) is 0 Å². The molecule has 0 radical (unpaired) electrons. The molecule has 1 aromatic rings. The lowest BCUT2D eigenvalue weighted by Gasteiger charge is -2.20. The van der Waals surface area contributed by atoms with E-state index in [2.05, 4.69) is 5.32 Å². The van der Waals surface area contributed by atoms with Gasteiger partial charge in [-0.2, -0.15) is 0 Å². The predicted molar refractivity (Wildman–Crippen MR) is 85.5 cm³/mol. The summed E-state index contributed by atoms with van der Waals surface area (Å²) in [6.07, 6.45) is 1.19. The Labute approximate surface area is 132 Å². The van der Waals surface area contributed by atoms with E-state index in [1.165, 1.54) is 6.26 Å². The van der Waals surface area contributed by atoms with E-state index in [0.717, 1.165) is 5.56 Å². The Morgan fingerprint density at radius 1 is 1.27 bits per heavy atom. The van der Waals surface area contributed by atoms with Crippen LogP contribution in [-0.4, -0.2) is 39.0 Å². The summed E-state index contributed by atoms with van der Waals surface area (Å²) in [5.74, 6) is 0. The van der Waals surface area contributed by atoms with Crippen LogP contribution in [0.2, 0.25) is 0 Å². The third-order valence-electron chi connectivity index (χ3n) is 2.76. The van der Waals surface area contributed by atoms with Crippen LogP contribution in [0.1, 0.15) is 26.3 Å². The summed E-state index contributed by atoms with van der Waals surface area (Å²) in [5, 5.41) is 2.61. The maximum absolute atomic E-state index is 11.5. The zero-order valence-corrected chi connectivity index (χ0v) is 14.2. The second kappa shape index (κ2) is 7.11. The van der Waals surface area contributed by atoms with Gasteiger partial charge in [0.25, 0.3) is 0 Å². The molecular formula is C15H24N2O4S. The predicted octanol–water partition coefficient (Wildman–Crippen LogP) is 1.48. The molecular weight excluding hydrogens is 304 g/mol. The first-order valence-corrected chi connectivity index (χ1v) is 8.88. The SMILES string of the molecule is CC(C)(C)OC(=O)NCC(N)Cc1ccc(S(C)(=O)=O)cc1. The molecule has 7 heteroatoms. The average molecular weight is 328 g/mol. The summed E-state index contributed by atoms with van der Waals surface area (Å²) in [4.78, 5) is 11.8. The number of nitrogens with one attached hydrogen (secondary N) is 1. The van der Waals surface area contributed by atoms with Crippen LogP contribution in [0, 0.1) is 0 Å². The quantitative estimate of drug-likeness (QED) is 0.853. The highest BCUT2D eigenvalue weighted by atomic mass is 32.2. The Balaban J connectivity index is 2.49. The number of carbonyl (C=O) groups is 1. The molecule has 3 N–H and O–H groups in total. The van der Waals surface area contributed by atoms with Crippen LogP contribution in [0.25, 0.3) is 0 Å². The van der Waals surface area contributed by atoms with Gasteiger partial charge in [-0.15, -0.1) is 0 Å². The highest BCUT2D eigenvalue weighted by Gasteiger charge is 2.16. The molecule has 0 spiro atoms. The van der Waals surface area contributed by atoms with E-state index in [-0.39, 0.29) is 17.5 Å². The number of nitrogens with two attached hydrogens (primary N) is 1. The minimum absolute atomic E-state index is 0.275. The van der Waals surface area contributed by atoms with Crippen LogP contribution in [0.3, 0.4) is 0 Å². The number of hydrogen-bond acceptors (Lipinski definition) is 5. The highest BCUT2D eigenvalue weighted by molar-refractivity contribution is 7.90. The van der Waals surface area contributed by atoms with Gasteiger partial charge < -0.3 is 15.8 Å². The van der Waals surface area contributed by atoms with Gasteiger partial charge in [0.05, 0.1) is 4.90 Å². The molecule has 1 aromatic carbocycles. The van der Waals surface area contributed by atoms with E-state index in [4.69, 9.17) is 10.5 Å². The Morgan fingerprint density at radius 2 is 1.82 bits per heavy atom. The summed E-state index contributed by atoms with van der Waals surface area (Å²) in [7, 11) is -3.19. The second-order valence-electron chi connectivity index (χ2n) is 6.26. The van der Waals surface area contributed by atoms with Crippen molar-refractivity contribution in [3.05, 3.63) is 29.8 Å². The fraction of sp³-hybridized carbons (Fsp3) is 0.533. The van der Waals surface area contributed by atoms with E-state index in [1.54, 1.807) is 45.0 Å². The molecule has 0 heterocycles. The lowest BCUT2D eigenvalue weighted by molar-refractivity contribution is 0.0524. The zero-order valence-electron chi connectivity index (χ0n) is 13.4. The maximum Gasteiger partial charge on any atom is 0.407 e. The summed E-state index contributed by atoms with van der Waals surface area (Å²) >= 11 is 0. The molecule has 6 nitrogen and oxygen atoms in total. The van der Waals surface area contributed by atoms with Crippen molar-refractivity contribution in [3.63, 3.8) is 0 Å². The Bertz CT molecular complexity index is 603. The Kier molecular flexibility index (Phi) is 5.96. The van der Waals surface area contributed by atoms with Crippen LogP contribution >= 0.6 is 0 Å². The Morgan fingerprint density at radius 3 is 2.27 bits per heavy atom. The number of amides is 1. The number of ether oxygens (including phenoxy) is 1. The molecule has 1 rings (SSSR count). The average Bonchev–Trinajstić information content (AvgIpc) is 2.34. The number of carbonyl (C=O) groups excluding carboxylic acids is 1. The molecule has 1 unspecified atom stereocenters.